The Balaban J connectivity index is 1.38. The van der Waals surface area contributed by atoms with Crippen LogP contribution in [0.3, 0.4) is 0 Å². The first-order chi connectivity index (χ1) is 15.7. The molecule has 0 unspecified atom stereocenters. The third-order valence-electron chi connectivity index (χ3n) is 5.50. The van der Waals surface area contributed by atoms with Crippen molar-refractivity contribution in [1.29, 1.82) is 0 Å². The predicted octanol–water partition coefficient (Wildman–Crippen LogP) is 6.26. The van der Waals surface area contributed by atoms with Gasteiger partial charge in [0.2, 0.25) is 0 Å². The quantitative estimate of drug-likeness (QED) is 0.256. The summed E-state index contributed by atoms with van der Waals surface area (Å²) < 4.78 is 2.14. The van der Waals surface area contributed by atoms with E-state index in [0.717, 1.165) is 37.8 Å². The Morgan fingerprint density at radius 1 is 0.906 bits per heavy atom. The molecule has 32 heavy (non-hydrogen) atoms. The van der Waals surface area contributed by atoms with Crippen molar-refractivity contribution in [3.63, 3.8) is 0 Å². The number of aromatic nitrogens is 1. The zero-order chi connectivity index (χ0) is 21.9. The highest BCUT2D eigenvalue weighted by Gasteiger charge is 2.09. The van der Waals surface area contributed by atoms with E-state index in [1.54, 1.807) is 6.21 Å². The molecule has 0 aliphatic rings. The van der Waals surface area contributed by atoms with Crippen LogP contribution in [0.1, 0.15) is 21.5 Å². The van der Waals surface area contributed by atoms with Gasteiger partial charge in [-0.05, 0) is 40.6 Å². The van der Waals surface area contributed by atoms with Crippen LogP contribution in [0.4, 0.5) is 0 Å². The van der Waals surface area contributed by atoms with Crippen LogP contribution in [-0.4, -0.2) is 16.7 Å². The molecule has 0 atom stereocenters. The van der Waals surface area contributed by atoms with Gasteiger partial charge in [-0.3, -0.25) is 4.79 Å². The number of halogens is 1. The molecular weight excluding hydrogens is 418 g/mol. The molecule has 4 aromatic carbocycles. The van der Waals surface area contributed by atoms with Crippen LogP contribution in [0.2, 0.25) is 5.02 Å². The summed E-state index contributed by atoms with van der Waals surface area (Å²) >= 11 is 6.36. The number of hydrogen-bond donors (Lipinski definition) is 1. The molecule has 1 amide bonds. The Morgan fingerprint density at radius 3 is 2.53 bits per heavy atom. The molecule has 5 rings (SSSR count). The van der Waals surface area contributed by atoms with Gasteiger partial charge in [0.25, 0.3) is 5.91 Å². The number of benzene rings is 4. The Hall–Kier alpha value is -3.89. The second kappa shape index (κ2) is 8.69. The van der Waals surface area contributed by atoms with Crippen molar-refractivity contribution < 1.29 is 4.79 Å². The fourth-order valence-electron chi connectivity index (χ4n) is 3.87. The Morgan fingerprint density at radius 2 is 1.66 bits per heavy atom. The molecule has 4 nitrogen and oxygen atoms in total. The number of hydrazone groups is 1. The van der Waals surface area contributed by atoms with Crippen LogP contribution < -0.4 is 5.43 Å². The second-order valence-electron chi connectivity index (χ2n) is 7.58. The summed E-state index contributed by atoms with van der Waals surface area (Å²) in [6, 6.07) is 29.5. The third-order valence-corrected chi connectivity index (χ3v) is 5.87. The van der Waals surface area contributed by atoms with Crippen molar-refractivity contribution in [1.82, 2.24) is 9.99 Å². The molecule has 5 aromatic rings. The molecule has 0 aliphatic carbocycles. The highest BCUT2D eigenvalue weighted by molar-refractivity contribution is 6.31. The van der Waals surface area contributed by atoms with Crippen LogP contribution in [0.25, 0.3) is 21.7 Å². The van der Waals surface area contributed by atoms with E-state index in [1.807, 2.05) is 91.1 Å². The predicted molar refractivity (Wildman–Crippen MR) is 132 cm³/mol. The van der Waals surface area contributed by atoms with Gasteiger partial charge in [0, 0.05) is 39.8 Å². The normalized spacial score (nSPS) is 11.4. The van der Waals surface area contributed by atoms with E-state index in [2.05, 4.69) is 21.2 Å². The maximum absolute atomic E-state index is 12.6. The summed E-state index contributed by atoms with van der Waals surface area (Å²) in [5, 5.41) is 8.14. The smallest absolute Gasteiger partial charge is 0.271 e. The molecular formula is C27H20ClN3O. The standard InChI is InChI=1S/C27H20ClN3O/c28-25-11-5-3-9-22(25)17-31-18-23(24-10-4-6-12-26(24)31)16-29-30-27(32)21-14-13-19-7-1-2-8-20(19)15-21/h1-16,18H,17H2,(H,30,32)/b29-16-. The van der Waals surface area contributed by atoms with E-state index in [0.29, 0.717) is 12.1 Å². The van der Waals surface area contributed by atoms with Gasteiger partial charge in [-0.2, -0.15) is 5.10 Å². The zero-order valence-corrected chi connectivity index (χ0v) is 18.0. The number of para-hydroxylation sites is 1. The maximum Gasteiger partial charge on any atom is 0.271 e. The first kappa shape index (κ1) is 20.0. The minimum absolute atomic E-state index is 0.244. The van der Waals surface area contributed by atoms with Gasteiger partial charge >= 0.3 is 0 Å². The van der Waals surface area contributed by atoms with Crippen molar-refractivity contribution in [3.8, 4) is 0 Å². The van der Waals surface area contributed by atoms with Crippen LogP contribution in [-0.2, 0) is 6.54 Å². The molecule has 1 heterocycles. The minimum Gasteiger partial charge on any atom is -0.342 e. The van der Waals surface area contributed by atoms with Gasteiger partial charge in [-0.25, -0.2) is 5.43 Å². The van der Waals surface area contributed by atoms with Crippen molar-refractivity contribution in [2.24, 2.45) is 5.10 Å². The first-order valence-electron chi connectivity index (χ1n) is 10.3. The molecule has 0 saturated heterocycles. The summed E-state index contributed by atoms with van der Waals surface area (Å²) in [4.78, 5) is 12.6. The summed E-state index contributed by atoms with van der Waals surface area (Å²) in [5.74, 6) is -0.244. The van der Waals surface area contributed by atoms with Crippen LogP contribution in [0.15, 0.2) is 102 Å². The summed E-state index contributed by atoms with van der Waals surface area (Å²) in [6.07, 6.45) is 3.71. The van der Waals surface area contributed by atoms with E-state index >= 15 is 0 Å². The van der Waals surface area contributed by atoms with E-state index in [4.69, 9.17) is 11.6 Å². The molecule has 0 radical (unpaired) electrons. The summed E-state index contributed by atoms with van der Waals surface area (Å²) in [6.45, 7) is 0.650. The van der Waals surface area contributed by atoms with E-state index in [-0.39, 0.29) is 5.91 Å². The van der Waals surface area contributed by atoms with Crippen LogP contribution in [0, 0.1) is 0 Å². The number of amides is 1. The second-order valence-corrected chi connectivity index (χ2v) is 7.99. The Kier molecular flexibility index (Phi) is 5.44. The highest BCUT2D eigenvalue weighted by atomic mass is 35.5. The van der Waals surface area contributed by atoms with Crippen LogP contribution >= 0.6 is 11.6 Å². The van der Waals surface area contributed by atoms with Crippen molar-refractivity contribution in [3.05, 3.63) is 119 Å². The number of nitrogens with zero attached hydrogens (tertiary/aromatic N) is 2. The van der Waals surface area contributed by atoms with Crippen LogP contribution in [0.5, 0.6) is 0 Å². The first-order valence-corrected chi connectivity index (χ1v) is 10.7. The minimum atomic E-state index is -0.244. The molecule has 0 saturated carbocycles. The lowest BCUT2D eigenvalue weighted by Gasteiger charge is -2.07. The van der Waals surface area contributed by atoms with Crippen molar-refractivity contribution in [2.45, 2.75) is 6.54 Å². The summed E-state index contributed by atoms with van der Waals surface area (Å²) in [5.41, 5.74) is 6.26. The van der Waals surface area contributed by atoms with Gasteiger partial charge in [-0.15, -0.1) is 0 Å². The monoisotopic (exact) mass is 437 g/mol. The van der Waals surface area contributed by atoms with E-state index < -0.39 is 0 Å². The average molecular weight is 438 g/mol. The number of carbonyl (C=O) groups excluding carboxylic acids is 1. The van der Waals surface area contributed by atoms with Crippen molar-refractivity contribution in [2.75, 3.05) is 0 Å². The molecule has 156 valence electrons. The molecule has 1 aromatic heterocycles. The molecule has 0 fully saturated rings. The number of carbonyl (C=O) groups is 1. The Bertz CT molecular complexity index is 1470. The largest absolute Gasteiger partial charge is 0.342 e. The topological polar surface area (TPSA) is 46.4 Å². The maximum atomic E-state index is 12.6. The molecule has 0 spiro atoms. The molecule has 0 aliphatic heterocycles. The summed E-state index contributed by atoms with van der Waals surface area (Å²) in [7, 11) is 0. The lowest BCUT2D eigenvalue weighted by Crippen LogP contribution is -2.17. The fourth-order valence-corrected chi connectivity index (χ4v) is 4.07. The van der Waals surface area contributed by atoms with Gasteiger partial charge < -0.3 is 4.57 Å². The number of nitrogens with one attached hydrogen (secondary N) is 1. The molecule has 0 bridgehead atoms. The van der Waals surface area contributed by atoms with Gasteiger partial charge in [0.1, 0.15) is 0 Å². The van der Waals surface area contributed by atoms with E-state index in [9.17, 15) is 4.79 Å². The van der Waals surface area contributed by atoms with Gasteiger partial charge in [-0.1, -0.05) is 78.3 Å². The van der Waals surface area contributed by atoms with Crippen molar-refractivity contribution >= 4 is 45.4 Å². The highest BCUT2D eigenvalue weighted by Crippen LogP contribution is 2.23. The number of hydrogen-bond acceptors (Lipinski definition) is 2. The number of fused-ring (bicyclic) bond motifs is 2. The zero-order valence-electron chi connectivity index (χ0n) is 17.2. The van der Waals surface area contributed by atoms with E-state index in [1.165, 1.54) is 0 Å². The van der Waals surface area contributed by atoms with Gasteiger partial charge in [0.15, 0.2) is 0 Å². The SMILES string of the molecule is O=C(N/N=C\c1cn(Cc2ccccc2Cl)c2ccccc12)c1ccc2ccccc2c1. The fraction of sp³-hybridized carbons (Fsp3) is 0.0370. The third kappa shape index (κ3) is 4.01. The lowest BCUT2D eigenvalue weighted by molar-refractivity contribution is 0.0955. The van der Waals surface area contributed by atoms with Gasteiger partial charge in [0.05, 0.1) is 6.21 Å². The number of rotatable bonds is 5. The molecule has 5 heteroatoms. The average Bonchev–Trinajstić information content (AvgIpc) is 3.17. The lowest BCUT2D eigenvalue weighted by atomic mass is 10.1. The Labute approximate surface area is 190 Å². The molecule has 1 N–H and O–H groups in total.